The summed E-state index contributed by atoms with van der Waals surface area (Å²) in [6.45, 7) is 1.21. The Hall–Kier alpha value is -2.41. The molecule has 134 valence electrons. The number of rotatable bonds is 6. The van der Waals surface area contributed by atoms with Gasteiger partial charge in [0.15, 0.2) is 11.6 Å². The van der Waals surface area contributed by atoms with Gasteiger partial charge >= 0.3 is 0 Å². The standard InChI is InChI=1S/C18H23FN4O2/c1-22-11-14(10-21-22)18-13(7-17(24)23(18)2)9-20-8-12-4-5-16(25-3)15(19)6-12/h4-6,10-11,13,18,20H,7-9H2,1-3H3/t13-,18+/m0/s1. The number of hydrogen-bond donors (Lipinski definition) is 1. The van der Waals surface area contributed by atoms with Crippen LogP contribution >= 0.6 is 0 Å². The summed E-state index contributed by atoms with van der Waals surface area (Å²) in [6.07, 6.45) is 4.26. The van der Waals surface area contributed by atoms with Crippen molar-refractivity contribution < 1.29 is 13.9 Å². The third-order valence-electron chi connectivity index (χ3n) is 4.71. The number of nitrogens with zero attached hydrogens (tertiary/aromatic N) is 3. The van der Waals surface area contributed by atoms with Gasteiger partial charge in [0.2, 0.25) is 5.91 Å². The van der Waals surface area contributed by atoms with Crippen LogP contribution in [0.5, 0.6) is 5.75 Å². The van der Waals surface area contributed by atoms with Gasteiger partial charge in [0.1, 0.15) is 0 Å². The van der Waals surface area contributed by atoms with Gasteiger partial charge in [-0.15, -0.1) is 0 Å². The van der Waals surface area contributed by atoms with Crippen molar-refractivity contribution in [3.8, 4) is 5.75 Å². The fraction of sp³-hybridized carbons (Fsp3) is 0.444. The Morgan fingerprint density at radius 1 is 1.40 bits per heavy atom. The number of carbonyl (C=O) groups is 1. The number of aryl methyl sites for hydroxylation is 1. The molecule has 2 aromatic rings. The number of aromatic nitrogens is 2. The summed E-state index contributed by atoms with van der Waals surface area (Å²) >= 11 is 0. The molecule has 7 heteroatoms. The molecule has 6 nitrogen and oxygen atoms in total. The fourth-order valence-corrected chi connectivity index (χ4v) is 3.45. The number of likely N-dealkylation sites (tertiary alicyclic amines) is 1. The number of halogens is 1. The Bertz CT molecular complexity index is 761. The first-order valence-electron chi connectivity index (χ1n) is 8.27. The number of carbonyl (C=O) groups excluding carboxylic acids is 1. The van der Waals surface area contributed by atoms with Gasteiger partial charge in [0.25, 0.3) is 0 Å². The lowest BCUT2D eigenvalue weighted by atomic mass is 9.95. The summed E-state index contributed by atoms with van der Waals surface area (Å²) in [6, 6.07) is 4.94. The molecular formula is C18H23FN4O2. The Balaban J connectivity index is 1.63. The quantitative estimate of drug-likeness (QED) is 0.868. The summed E-state index contributed by atoms with van der Waals surface area (Å²) in [5.41, 5.74) is 1.88. The van der Waals surface area contributed by atoms with Crippen LogP contribution in [0.2, 0.25) is 0 Å². The summed E-state index contributed by atoms with van der Waals surface area (Å²) in [5, 5.41) is 7.56. The number of ether oxygens (including phenoxy) is 1. The molecule has 3 rings (SSSR count). The zero-order chi connectivity index (χ0) is 18.0. The van der Waals surface area contributed by atoms with E-state index < -0.39 is 0 Å². The molecule has 2 heterocycles. The van der Waals surface area contributed by atoms with Crippen molar-refractivity contribution >= 4 is 5.91 Å². The predicted octanol–water partition coefficient (Wildman–Crippen LogP) is 1.88. The van der Waals surface area contributed by atoms with E-state index in [-0.39, 0.29) is 29.4 Å². The highest BCUT2D eigenvalue weighted by molar-refractivity contribution is 5.79. The van der Waals surface area contributed by atoms with Gasteiger partial charge in [-0.3, -0.25) is 9.48 Å². The van der Waals surface area contributed by atoms with E-state index in [0.717, 1.165) is 11.1 Å². The van der Waals surface area contributed by atoms with Crippen molar-refractivity contribution in [3.05, 3.63) is 47.5 Å². The van der Waals surface area contributed by atoms with Crippen molar-refractivity contribution in [1.29, 1.82) is 0 Å². The van der Waals surface area contributed by atoms with Crippen LogP contribution < -0.4 is 10.1 Å². The molecule has 0 unspecified atom stereocenters. The number of amides is 1. The Morgan fingerprint density at radius 2 is 2.20 bits per heavy atom. The average Bonchev–Trinajstić information content (AvgIpc) is 3.11. The molecule has 25 heavy (non-hydrogen) atoms. The summed E-state index contributed by atoms with van der Waals surface area (Å²) in [7, 11) is 5.15. The minimum absolute atomic E-state index is 0.0151. The second-order valence-corrected chi connectivity index (χ2v) is 6.46. The molecule has 1 N–H and O–H groups in total. The van der Waals surface area contributed by atoms with Gasteiger partial charge in [-0.2, -0.15) is 5.10 Å². The maximum absolute atomic E-state index is 13.8. The van der Waals surface area contributed by atoms with Crippen molar-refractivity contribution in [2.45, 2.75) is 19.0 Å². The predicted molar refractivity (Wildman–Crippen MR) is 91.5 cm³/mol. The van der Waals surface area contributed by atoms with Crippen molar-refractivity contribution in [2.24, 2.45) is 13.0 Å². The van der Waals surface area contributed by atoms with Crippen LogP contribution in [0.15, 0.2) is 30.6 Å². The zero-order valence-corrected chi connectivity index (χ0v) is 14.7. The van der Waals surface area contributed by atoms with Crippen LogP contribution in [-0.4, -0.2) is 41.3 Å². The molecule has 1 amide bonds. The smallest absolute Gasteiger partial charge is 0.223 e. The summed E-state index contributed by atoms with van der Waals surface area (Å²) in [4.78, 5) is 13.9. The minimum Gasteiger partial charge on any atom is -0.494 e. The lowest BCUT2D eigenvalue weighted by Crippen LogP contribution is -2.28. The third-order valence-corrected chi connectivity index (χ3v) is 4.71. The van der Waals surface area contributed by atoms with E-state index in [4.69, 9.17) is 4.74 Å². The van der Waals surface area contributed by atoms with Crippen molar-refractivity contribution in [3.63, 3.8) is 0 Å². The van der Waals surface area contributed by atoms with E-state index in [1.54, 1.807) is 15.6 Å². The van der Waals surface area contributed by atoms with E-state index in [1.165, 1.54) is 13.2 Å². The lowest BCUT2D eigenvalue weighted by Gasteiger charge is -2.24. The van der Waals surface area contributed by atoms with Gasteiger partial charge in [-0.25, -0.2) is 4.39 Å². The Kier molecular flexibility index (Phi) is 5.03. The van der Waals surface area contributed by atoms with Gasteiger partial charge in [-0.1, -0.05) is 6.07 Å². The average molecular weight is 346 g/mol. The number of hydrogen-bond acceptors (Lipinski definition) is 4. The summed E-state index contributed by atoms with van der Waals surface area (Å²) in [5.74, 6) is 0.162. The van der Waals surface area contributed by atoms with Crippen LogP contribution in [0, 0.1) is 11.7 Å². The highest BCUT2D eigenvalue weighted by Gasteiger charge is 2.38. The Labute approximate surface area is 146 Å². The minimum atomic E-state index is -0.370. The molecule has 2 atom stereocenters. The van der Waals surface area contributed by atoms with E-state index in [0.29, 0.717) is 19.5 Å². The van der Waals surface area contributed by atoms with E-state index in [1.807, 2.05) is 32.6 Å². The fourth-order valence-electron chi connectivity index (χ4n) is 3.45. The second-order valence-electron chi connectivity index (χ2n) is 6.46. The highest BCUT2D eigenvalue weighted by Crippen LogP contribution is 2.36. The van der Waals surface area contributed by atoms with Gasteiger partial charge < -0.3 is 15.0 Å². The maximum atomic E-state index is 13.8. The number of benzene rings is 1. The number of methoxy groups -OCH3 is 1. The summed E-state index contributed by atoms with van der Waals surface area (Å²) < 4.78 is 20.4. The van der Waals surface area contributed by atoms with Crippen LogP contribution in [0.25, 0.3) is 0 Å². The van der Waals surface area contributed by atoms with Crippen molar-refractivity contribution in [1.82, 2.24) is 20.0 Å². The maximum Gasteiger partial charge on any atom is 0.223 e. The molecule has 0 saturated carbocycles. The lowest BCUT2D eigenvalue weighted by molar-refractivity contribution is -0.127. The SMILES string of the molecule is COc1ccc(CNC[C@@H]2CC(=O)N(C)[C@H]2c2cnn(C)c2)cc1F. The van der Waals surface area contributed by atoms with Crippen molar-refractivity contribution in [2.75, 3.05) is 20.7 Å². The molecule has 1 fully saturated rings. The first kappa shape index (κ1) is 17.4. The Morgan fingerprint density at radius 3 is 2.84 bits per heavy atom. The largest absolute Gasteiger partial charge is 0.494 e. The molecule has 1 aromatic carbocycles. The van der Waals surface area contributed by atoms with Crippen LogP contribution in [-0.2, 0) is 18.4 Å². The monoisotopic (exact) mass is 346 g/mol. The van der Waals surface area contributed by atoms with Crippen LogP contribution in [0.1, 0.15) is 23.6 Å². The van der Waals surface area contributed by atoms with Crippen LogP contribution in [0.4, 0.5) is 4.39 Å². The molecule has 0 radical (unpaired) electrons. The molecular weight excluding hydrogens is 323 g/mol. The first-order chi connectivity index (χ1) is 12.0. The second kappa shape index (κ2) is 7.23. The van der Waals surface area contributed by atoms with E-state index in [9.17, 15) is 9.18 Å². The highest BCUT2D eigenvalue weighted by atomic mass is 19.1. The molecule has 0 aliphatic carbocycles. The normalized spacial score (nSPS) is 20.3. The van der Waals surface area contributed by atoms with E-state index >= 15 is 0 Å². The van der Waals surface area contributed by atoms with Gasteiger partial charge in [0.05, 0.1) is 19.3 Å². The van der Waals surface area contributed by atoms with Gasteiger partial charge in [0, 0.05) is 51.3 Å². The number of nitrogens with one attached hydrogen (secondary N) is 1. The molecule has 0 spiro atoms. The van der Waals surface area contributed by atoms with Gasteiger partial charge in [-0.05, 0) is 17.7 Å². The molecule has 1 aliphatic heterocycles. The van der Waals surface area contributed by atoms with Crippen LogP contribution in [0.3, 0.4) is 0 Å². The third kappa shape index (κ3) is 3.66. The first-order valence-corrected chi connectivity index (χ1v) is 8.27. The molecule has 1 saturated heterocycles. The molecule has 1 aliphatic rings. The molecule has 0 bridgehead atoms. The van der Waals surface area contributed by atoms with E-state index in [2.05, 4.69) is 10.4 Å². The topological polar surface area (TPSA) is 59.4 Å². The molecule has 1 aromatic heterocycles. The zero-order valence-electron chi connectivity index (χ0n) is 14.7.